The van der Waals surface area contributed by atoms with Gasteiger partial charge in [0.25, 0.3) is 0 Å². The van der Waals surface area contributed by atoms with Crippen molar-refractivity contribution in [2.45, 2.75) is 18.7 Å². The van der Waals surface area contributed by atoms with E-state index in [0.29, 0.717) is 0 Å². The Labute approximate surface area is 123 Å². The standard InChI is InChI=1S/C15H11ClF4O/c16-12-6-3-10(13(17)8-12)7-14(21)9-1-4-11(5-2-9)15(18,19)20/h1-6,8,14,21H,7H2. The van der Waals surface area contributed by atoms with E-state index in [-0.39, 0.29) is 22.6 Å². The number of halogens is 5. The predicted molar refractivity (Wildman–Crippen MR) is 71.5 cm³/mol. The quantitative estimate of drug-likeness (QED) is 0.808. The molecule has 0 radical (unpaired) electrons. The molecule has 0 aromatic heterocycles. The summed E-state index contributed by atoms with van der Waals surface area (Å²) in [6.07, 6.45) is -5.57. The Morgan fingerprint density at radius 2 is 1.67 bits per heavy atom. The molecule has 0 heterocycles. The van der Waals surface area contributed by atoms with Gasteiger partial charge in [-0.05, 0) is 35.4 Å². The number of hydrogen-bond acceptors (Lipinski definition) is 1. The fourth-order valence-corrected chi connectivity index (χ4v) is 2.07. The molecule has 1 nitrogen and oxygen atoms in total. The highest BCUT2D eigenvalue weighted by atomic mass is 35.5. The van der Waals surface area contributed by atoms with E-state index in [1.54, 1.807) is 0 Å². The minimum absolute atomic E-state index is 0.0473. The topological polar surface area (TPSA) is 20.2 Å². The average Bonchev–Trinajstić information content (AvgIpc) is 2.41. The first-order valence-corrected chi connectivity index (χ1v) is 6.44. The van der Waals surface area contributed by atoms with Gasteiger partial charge in [0.15, 0.2) is 0 Å². The largest absolute Gasteiger partial charge is 0.416 e. The molecule has 0 saturated carbocycles. The summed E-state index contributed by atoms with van der Waals surface area (Å²) in [5.74, 6) is -0.562. The molecule has 1 atom stereocenters. The van der Waals surface area contributed by atoms with Crippen LogP contribution in [0.5, 0.6) is 0 Å². The fourth-order valence-electron chi connectivity index (χ4n) is 1.91. The van der Waals surface area contributed by atoms with Gasteiger partial charge in [0.2, 0.25) is 0 Å². The minimum atomic E-state index is -4.42. The van der Waals surface area contributed by atoms with E-state index in [1.807, 2.05) is 0 Å². The highest BCUT2D eigenvalue weighted by molar-refractivity contribution is 6.30. The lowest BCUT2D eigenvalue weighted by Crippen LogP contribution is -2.07. The smallest absolute Gasteiger partial charge is 0.388 e. The molecule has 2 rings (SSSR count). The van der Waals surface area contributed by atoms with Gasteiger partial charge in [0, 0.05) is 11.4 Å². The summed E-state index contributed by atoms with van der Waals surface area (Å²) in [7, 11) is 0. The van der Waals surface area contributed by atoms with Crippen LogP contribution in [0.2, 0.25) is 5.02 Å². The van der Waals surface area contributed by atoms with Crippen LogP contribution >= 0.6 is 11.6 Å². The molecular formula is C15H11ClF4O. The van der Waals surface area contributed by atoms with Gasteiger partial charge in [0.05, 0.1) is 11.7 Å². The normalized spacial score (nSPS) is 13.2. The summed E-state index contributed by atoms with van der Waals surface area (Å²) in [4.78, 5) is 0. The summed E-state index contributed by atoms with van der Waals surface area (Å²) < 4.78 is 50.9. The molecule has 0 spiro atoms. The summed E-state index contributed by atoms with van der Waals surface area (Å²) >= 11 is 5.62. The highest BCUT2D eigenvalue weighted by Crippen LogP contribution is 2.30. The van der Waals surface area contributed by atoms with Gasteiger partial charge in [-0.25, -0.2) is 4.39 Å². The molecule has 1 N–H and O–H groups in total. The number of aliphatic hydroxyl groups is 1. The van der Waals surface area contributed by atoms with E-state index in [9.17, 15) is 22.7 Å². The van der Waals surface area contributed by atoms with Crippen molar-refractivity contribution in [3.63, 3.8) is 0 Å². The lowest BCUT2D eigenvalue weighted by Gasteiger charge is -2.13. The molecule has 2 aromatic carbocycles. The minimum Gasteiger partial charge on any atom is -0.388 e. The molecule has 0 aliphatic rings. The number of aliphatic hydroxyl groups excluding tert-OH is 1. The summed E-state index contributed by atoms with van der Waals surface area (Å²) in [6, 6.07) is 8.18. The summed E-state index contributed by atoms with van der Waals surface area (Å²) in [5, 5.41) is 10.2. The maximum absolute atomic E-state index is 13.6. The van der Waals surface area contributed by atoms with Crippen LogP contribution in [0.3, 0.4) is 0 Å². The van der Waals surface area contributed by atoms with E-state index in [0.717, 1.165) is 18.2 Å². The number of hydrogen-bond donors (Lipinski definition) is 1. The molecule has 0 amide bonds. The number of rotatable bonds is 3. The van der Waals surface area contributed by atoms with Crippen molar-refractivity contribution in [1.29, 1.82) is 0 Å². The summed E-state index contributed by atoms with van der Waals surface area (Å²) in [5.41, 5.74) is -0.264. The lowest BCUT2D eigenvalue weighted by molar-refractivity contribution is -0.137. The molecule has 0 aliphatic heterocycles. The zero-order valence-electron chi connectivity index (χ0n) is 10.7. The van der Waals surface area contributed by atoms with Crippen molar-refractivity contribution >= 4 is 11.6 Å². The molecule has 6 heteroatoms. The van der Waals surface area contributed by atoms with Gasteiger partial charge < -0.3 is 5.11 Å². The highest BCUT2D eigenvalue weighted by Gasteiger charge is 2.30. The summed E-state index contributed by atoms with van der Waals surface area (Å²) in [6.45, 7) is 0. The molecule has 0 saturated heterocycles. The van der Waals surface area contributed by atoms with Crippen LogP contribution in [0.1, 0.15) is 22.8 Å². The molecule has 2 aromatic rings. The zero-order chi connectivity index (χ0) is 15.6. The van der Waals surface area contributed by atoms with E-state index < -0.39 is 23.7 Å². The van der Waals surface area contributed by atoms with Crippen molar-refractivity contribution in [1.82, 2.24) is 0 Å². The Hall–Kier alpha value is -1.59. The van der Waals surface area contributed by atoms with Crippen LogP contribution in [0.4, 0.5) is 17.6 Å². The predicted octanol–water partition coefficient (Wildman–Crippen LogP) is 4.77. The molecule has 1 unspecified atom stereocenters. The molecular weight excluding hydrogens is 308 g/mol. The first-order valence-electron chi connectivity index (χ1n) is 6.06. The Morgan fingerprint density at radius 1 is 1.05 bits per heavy atom. The Morgan fingerprint density at radius 3 is 2.19 bits per heavy atom. The second-order valence-electron chi connectivity index (χ2n) is 4.58. The Kier molecular flexibility index (Phi) is 4.54. The average molecular weight is 319 g/mol. The van der Waals surface area contributed by atoms with Gasteiger partial charge in [-0.2, -0.15) is 13.2 Å². The van der Waals surface area contributed by atoms with Gasteiger partial charge in [-0.3, -0.25) is 0 Å². The lowest BCUT2D eigenvalue weighted by atomic mass is 10.00. The third-order valence-electron chi connectivity index (χ3n) is 3.05. The second-order valence-corrected chi connectivity index (χ2v) is 5.01. The second kappa shape index (κ2) is 6.03. The number of benzene rings is 2. The van der Waals surface area contributed by atoms with Crippen LogP contribution in [-0.4, -0.2) is 5.11 Å². The van der Waals surface area contributed by atoms with Crippen LogP contribution in [-0.2, 0) is 12.6 Å². The van der Waals surface area contributed by atoms with Gasteiger partial charge in [-0.15, -0.1) is 0 Å². The van der Waals surface area contributed by atoms with Gasteiger partial charge in [0.1, 0.15) is 5.82 Å². The maximum Gasteiger partial charge on any atom is 0.416 e. The first-order chi connectivity index (χ1) is 9.77. The SMILES string of the molecule is OC(Cc1ccc(Cl)cc1F)c1ccc(C(F)(F)F)cc1. The van der Waals surface area contributed by atoms with E-state index in [4.69, 9.17) is 11.6 Å². The Bertz CT molecular complexity index is 623. The van der Waals surface area contributed by atoms with Crippen molar-refractivity contribution in [3.05, 3.63) is 70.0 Å². The van der Waals surface area contributed by atoms with E-state index in [1.165, 1.54) is 24.3 Å². The van der Waals surface area contributed by atoms with Crippen molar-refractivity contribution in [2.24, 2.45) is 0 Å². The molecule has 0 bridgehead atoms. The zero-order valence-corrected chi connectivity index (χ0v) is 11.4. The van der Waals surface area contributed by atoms with Crippen molar-refractivity contribution in [3.8, 4) is 0 Å². The monoisotopic (exact) mass is 318 g/mol. The van der Waals surface area contributed by atoms with E-state index >= 15 is 0 Å². The van der Waals surface area contributed by atoms with Crippen LogP contribution in [0.15, 0.2) is 42.5 Å². The van der Waals surface area contributed by atoms with Crippen LogP contribution in [0, 0.1) is 5.82 Å². The van der Waals surface area contributed by atoms with Crippen LogP contribution < -0.4 is 0 Å². The van der Waals surface area contributed by atoms with E-state index in [2.05, 4.69) is 0 Å². The first kappa shape index (κ1) is 15.8. The number of alkyl halides is 3. The Balaban J connectivity index is 2.15. The molecule has 0 aliphatic carbocycles. The molecule has 21 heavy (non-hydrogen) atoms. The van der Waals surface area contributed by atoms with Crippen molar-refractivity contribution in [2.75, 3.05) is 0 Å². The molecule has 112 valence electrons. The van der Waals surface area contributed by atoms with Gasteiger partial charge in [-0.1, -0.05) is 29.8 Å². The third-order valence-corrected chi connectivity index (χ3v) is 3.29. The van der Waals surface area contributed by atoms with Crippen molar-refractivity contribution < 1.29 is 22.7 Å². The van der Waals surface area contributed by atoms with Gasteiger partial charge >= 0.3 is 6.18 Å². The van der Waals surface area contributed by atoms with Crippen LogP contribution in [0.25, 0.3) is 0 Å². The maximum atomic E-state index is 13.6. The third kappa shape index (κ3) is 3.95. The molecule has 0 fully saturated rings. The fraction of sp³-hybridized carbons (Fsp3) is 0.200.